The lowest BCUT2D eigenvalue weighted by Gasteiger charge is -2.13. The smallest absolute Gasteiger partial charge is 0.276 e. The molecule has 2 aromatic carbocycles. The van der Waals surface area contributed by atoms with Crippen LogP contribution in [0.5, 0.6) is 5.75 Å². The number of hydrogen-bond donors (Lipinski definition) is 0. The molecule has 0 radical (unpaired) electrons. The lowest BCUT2D eigenvalue weighted by molar-refractivity contribution is 0.0876. The number of hydrogen-bond acceptors (Lipinski definition) is 8. The van der Waals surface area contributed by atoms with Crippen LogP contribution in [0.25, 0.3) is 0 Å². The van der Waals surface area contributed by atoms with E-state index < -0.39 is 15.9 Å². The number of sulfonamides is 1. The van der Waals surface area contributed by atoms with Crippen molar-refractivity contribution in [3.8, 4) is 5.75 Å². The van der Waals surface area contributed by atoms with Crippen LogP contribution >= 0.6 is 11.8 Å². The van der Waals surface area contributed by atoms with E-state index in [9.17, 15) is 13.2 Å². The maximum Gasteiger partial charge on any atom is 0.276 e. The molecule has 0 N–H and O–H groups in total. The van der Waals surface area contributed by atoms with Crippen molar-refractivity contribution < 1.29 is 22.4 Å². The van der Waals surface area contributed by atoms with E-state index in [-0.39, 0.29) is 28.8 Å². The van der Waals surface area contributed by atoms with Gasteiger partial charge in [-0.1, -0.05) is 36.0 Å². The molecule has 1 aliphatic rings. The molecule has 29 heavy (non-hydrogen) atoms. The predicted molar refractivity (Wildman–Crippen MR) is 105 cm³/mol. The highest BCUT2D eigenvalue weighted by molar-refractivity contribution is 7.99. The molecule has 0 unspecified atom stereocenters. The Bertz CT molecular complexity index is 1160. The van der Waals surface area contributed by atoms with Gasteiger partial charge in [0.1, 0.15) is 10.6 Å². The fraction of sp³-hybridized carbons (Fsp3) is 0.211. The molecule has 150 valence electrons. The molecule has 0 saturated carbocycles. The van der Waals surface area contributed by atoms with E-state index in [1.54, 1.807) is 12.1 Å². The molecule has 0 aliphatic carbocycles. The van der Waals surface area contributed by atoms with E-state index in [0.717, 1.165) is 9.87 Å². The molecule has 3 aromatic rings. The standard InChI is InChI=1S/C19H17N3O5S2/c1-13-5-4-6-14(11-13)26-12-17-20-21-19(27-17)28-10-9-22-18(23)15-7-2-3-8-16(15)29(22,24)25/h2-8,11H,9-10,12H2,1H3. The van der Waals surface area contributed by atoms with Crippen LogP contribution in [0.15, 0.2) is 63.1 Å². The summed E-state index contributed by atoms with van der Waals surface area (Å²) in [5, 5.41) is 8.12. The van der Waals surface area contributed by atoms with Crippen molar-refractivity contribution >= 4 is 27.7 Å². The Morgan fingerprint density at radius 1 is 1.14 bits per heavy atom. The molecular weight excluding hydrogens is 414 g/mol. The van der Waals surface area contributed by atoms with Gasteiger partial charge in [-0.15, -0.1) is 10.2 Å². The first-order chi connectivity index (χ1) is 13.9. The summed E-state index contributed by atoms with van der Waals surface area (Å²) in [6.07, 6.45) is 0. The van der Waals surface area contributed by atoms with Crippen molar-refractivity contribution in [1.29, 1.82) is 0 Å². The minimum absolute atomic E-state index is 0.0119. The van der Waals surface area contributed by atoms with Crippen molar-refractivity contribution in [2.45, 2.75) is 23.6 Å². The van der Waals surface area contributed by atoms with Gasteiger partial charge in [-0.3, -0.25) is 4.79 Å². The number of nitrogens with zero attached hydrogens (tertiary/aromatic N) is 3. The number of benzene rings is 2. The summed E-state index contributed by atoms with van der Waals surface area (Å²) in [5.74, 6) is 0.791. The number of aryl methyl sites for hydroxylation is 1. The summed E-state index contributed by atoms with van der Waals surface area (Å²) in [7, 11) is -3.80. The van der Waals surface area contributed by atoms with Crippen LogP contribution in [0.2, 0.25) is 0 Å². The summed E-state index contributed by atoms with van der Waals surface area (Å²) in [6, 6.07) is 13.8. The van der Waals surface area contributed by atoms with Crippen LogP contribution in [0.4, 0.5) is 0 Å². The van der Waals surface area contributed by atoms with Gasteiger partial charge < -0.3 is 9.15 Å². The highest BCUT2D eigenvalue weighted by Crippen LogP contribution is 2.30. The maximum absolute atomic E-state index is 12.5. The van der Waals surface area contributed by atoms with Crippen LogP contribution in [-0.2, 0) is 16.6 Å². The van der Waals surface area contributed by atoms with Crippen LogP contribution in [0.3, 0.4) is 0 Å². The van der Waals surface area contributed by atoms with Gasteiger partial charge in [0.15, 0.2) is 6.61 Å². The number of carbonyl (C=O) groups excluding carboxylic acids is 1. The topological polar surface area (TPSA) is 103 Å². The second kappa shape index (κ2) is 7.88. The van der Waals surface area contributed by atoms with Gasteiger partial charge in [0, 0.05) is 12.3 Å². The SMILES string of the molecule is Cc1cccc(OCc2nnc(SCCN3C(=O)c4ccccc4S3(=O)=O)o2)c1. The molecule has 0 spiro atoms. The molecule has 0 saturated heterocycles. The van der Waals surface area contributed by atoms with Gasteiger partial charge in [0.2, 0.25) is 0 Å². The summed E-state index contributed by atoms with van der Waals surface area (Å²) < 4.78 is 37.0. The number of aromatic nitrogens is 2. The zero-order valence-corrected chi connectivity index (χ0v) is 17.1. The van der Waals surface area contributed by atoms with E-state index in [2.05, 4.69) is 10.2 Å². The van der Waals surface area contributed by atoms with Crippen LogP contribution in [0.1, 0.15) is 21.8 Å². The lowest BCUT2D eigenvalue weighted by atomic mass is 10.2. The number of amides is 1. The predicted octanol–water partition coefficient (Wildman–Crippen LogP) is 2.89. The van der Waals surface area contributed by atoms with Gasteiger partial charge in [0.05, 0.1) is 5.56 Å². The normalized spacial score (nSPS) is 14.8. The zero-order valence-electron chi connectivity index (χ0n) is 15.4. The van der Waals surface area contributed by atoms with Crippen molar-refractivity contribution in [1.82, 2.24) is 14.5 Å². The summed E-state index contributed by atoms with van der Waals surface area (Å²) in [5.41, 5.74) is 1.28. The molecule has 0 atom stereocenters. The molecule has 8 nitrogen and oxygen atoms in total. The second-order valence-corrected chi connectivity index (χ2v) is 9.17. The number of ether oxygens (including phenoxy) is 1. The van der Waals surface area contributed by atoms with Crippen molar-refractivity contribution in [2.75, 3.05) is 12.3 Å². The van der Waals surface area contributed by atoms with E-state index in [0.29, 0.717) is 17.4 Å². The Hall–Kier alpha value is -2.85. The fourth-order valence-corrected chi connectivity index (χ4v) is 5.26. The molecule has 1 aromatic heterocycles. The average Bonchev–Trinajstić information content (AvgIpc) is 3.23. The minimum atomic E-state index is -3.80. The quantitative estimate of drug-likeness (QED) is 0.526. The molecular formula is C19H17N3O5S2. The van der Waals surface area contributed by atoms with Gasteiger partial charge in [0.25, 0.3) is 27.0 Å². The van der Waals surface area contributed by atoms with Crippen molar-refractivity contribution in [3.05, 3.63) is 65.5 Å². The minimum Gasteiger partial charge on any atom is -0.484 e. The number of thioether (sulfide) groups is 1. The third kappa shape index (κ3) is 3.99. The Kier molecular flexibility index (Phi) is 5.29. The Morgan fingerprint density at radius 3 is 2.76 bits per heavy atom. The largest absolute Gasteiger partial charge is 0.484 e. The average molecular weight is 431 g/mol. The van der Waals surface area contributed by atoms with Crippen LogP contribution in [0, 0.1) is 6.92 Å². The van der Waals surface area contributed by atoms with Gasteiger partial charge in [-0.05, 0) is 36.8 Å². The first-order valence-corrected chi connectivity index (χ1v) is 11.2. The maximum atomic E-state index is 12.5. The van der Waals surface area contributed by atoms with Crippen LogP contribution < -0.4 is 4.74 Å². The van der Waals surface area contributed by atoms with Crippen LogP contribution in [-0.4, -0.2) is 41.1 Å². The monoisotopic (exact) mass is 431 g/mol. The Balaban J connectivity index is 1.32. The lowest BCUT2D eigenvalue weighted by Crippen LogP contribution is -2.32. The molecule has 0 fully saturated rings. The Labute approximate surface area is 171 Å². The van der Waals surface area contributed by atoms with Gasteiger partial charge in [-0.25, -0.2) is 12.7 Å². The number of fused-ring (bicyclic) bond motifs is 1. The molecule has 10 heteroatoms. The van der Waals surface area contributed by atoms with E-state index in [4.69, 9.17) is 9.15 Å². The zero-order chi connectivity index (χ0) is 20.4. The molecule has 2 heterocycles. The van der Waals surface area contributed by atoms with E-state index >= 15 is 0 Å². The second-order valence-electron chi connectivity index (χ2n) is 6.29. The highest BCUT2D eigenvalue weighted by atomic mass is 32.2. The van der Waals surface area contributed by atoms with Crippen molar-refractivity contribution in [2.24, 2.45) is 0 Å². The molecule has 1 amide bonds. The number of carbonyl (C=O) groups is 1. The van der Waals surface area contributed by atoms with Gasteiger partial charge >= 0.3 is 0 Å². The summed E-state index contributed by atoms with van der Waals surface area (Å²) >= 11 is 1.18. The Morgan fingerprint density at radius 2 is 1.97 bits per heavy atom. The first-order valence-electron chi connectivity index (χ1n) is 8.76. The fourth-order valence-electron chi connectivity index (χ4n) is 2.87. The molecule has 4 rings (SSSR count). The first kappa shape index (κ1) is 19.5. The van der Waals surface area contributed by atoms with E-state index in [1.165, 1.54) is 23.9 Å². The summed E-state index contributed by atoms with van der Waals surface area (Å²) in [4.78, 5) is 12.4. The van der Waals surface area contributed by atoms with E-state index in [1.807, 2.05) is 31.2 Å². The third-order valence-corrected chi connectivity index (χ3v) is 6.87. The van der Waals surface area contributed by atoms with Gasteiger partial charge in [-0.2, -0.15) is 0 Å². The molecule has 0 bridgehead atoms. The molecule has 1 aliphatic heterocycles. The summed E-state index contributed by atoms with van der Waals surface area (Å²) in [6.45, 7) is 2.11. The number of rotatable bonds is 7. The highest BCUT2D eigenvalue weighted by Gasteiger charge is 2.40. The van der Waals surface area contributed by atoms with Crippen molar-refractivity contribution in [3.63, 3.8) is 0 Å². The third-order valence-electron chi connectivity index (χ3n) is 4.23.